The van der Waals surface area contributed by atoms with Crippen LogP contribution in [0.15, 0.2) is 6.07 Å². The first-order valence-corrected chi connectivity index (χ1v) is 7.92. The van der Waals surface area contributed by atoms with Crippen molar-refractivity contribution in [1.29, 1.82) is 0 Å². The van der Waals surface area contributed by atoms with Gasteiger partial charge in [0.05, 0.1) is 4.88 Å². The van der Waals surface area contributed by atoms with E-state index in [-0.39, 0.29) is 17.2 Å². The van der Waals surface area contributed by atoms with Crippen molar-refractivity contribution >= 4 is 23.2 Å². The quantitative estimate of drug-likeness (QED) is 0.510. The molecule has 0 bridgehead atoms. The lowest BCUT2D eigenvalue weighted by Crippen LogP contribution is -2.29. The molecule has 1 atom stereocenters. The lowest BCUT2D eigenvalue weighted by Gasteiger charge is -2.26. The molecule has 116 valence electrons. The van der Waals surface area contributed by atoms with Crippen LogP contribution in [0.3, 0.4) is 0 Å². The third-order valence-corrected chi connectivity index (χ3v) is 5.27. The van der Waals surface area contributed by atoms with E-state index in [0.29, 0.717) is 23.8 Å². The number of carbonyl (C=O) groups excluding carboxylic acids is 2. The summed E-state index contributed by atoms with van der Waals surface area (Å²) < 4.78 is 0. The van der Waals surface area contributed by atoms with Crippen LogP contribution in [0.4, 0.5) is 0 Å². The number of thiophene rings is 1. The molecular formula is C15H23N3O2S. The number of aryl methyl sites for hydroxylation is 1. The van der Waals surface area contributed by atoms with Crippen LogP contribution in [-0.2, 0) is 11.3 Å². The highest BCUT2D eigenvalue weighted by atomic mass is 32.1. The monoisotopic (exact) mass is 309 g/mol. The largest absolute Gasteiger partial charge is 0.338 e. The van der Waals surface area contributed by atoms with Gasteiger partial charge < -0.3 is 4.90 Å². The van der Waals surface area contributed by atoms with Gasteiger partial charge in [-0.25, -0.2) is 5.84 Å². The molecule has 5 nitrogen and oxygen atoms in total. The van der Waals surface area contributed by atoms with E-state index in [4.69, 9.17) is 5.84 Å². The summed E-state index contributed by atoms with van der Waals surface area (Å²) >= 11 is 1.41. The number of hydrogen-bond donors (Lipinski definition) is 2. The van der Waals surface area contributed by atoms with E-state index >= 15 is 0 Å². The molecule has 6 heteroatoms. The maximum atomic E-state index is 12.2. The van der Waals surface area contributed by atoms with Crippen LogP contribution in [0.1, 0.15) is 47.3 Å². The van der Waals surface area contributed by atoms with Crippen molar-refractivity contribution in [3.63, 3.8) is 0 Å². The first-order chi connectivity index (χ1) is 9.72. The van der Waals surface area contributed by atoms with E-state index in [2.05, 4.69) is 26.2 Å². The van der Waals surface area contributed by atoms with Gasteiger partial charge in [0, 0.05) is 24.4 Å². The molecular weight excluding hydrogens is 286 g/mol. The molecule has 2 rings (SSSR count). The van der Waals surface area contributed by atoms with Crippen LogP contribution < -0.4 is 11.3 Å². The minimum atomic E-state index is -0.283. The van der Waals surface area contributed by atoms with Crippen molar-refractivity contribution < 1.29 is 9.59 Å². The second-order valence-corrected chi connectivity index (χ2v) is 7.96. The lowest BCUT2D eigenvalue weighted by atomic mass is 9.80. The highest BCUT2D eigenvalue weighted by Gasteiger charge is 2.36. The molecule has 0 aliphatic carbocycles. The molecule has 0 spiro atoms. The Hall–Kier alpha value is -1.40. The van der Waals surface area contributed by atoms with E-state index in [1.807, 2.05) is 17.9 Å². The number of nitrogens with one attached hydrogen (secondary N) is 1. The normalized spacial score (nSPS) is 19.2. The first kappa shape index (κ1) is 16.0. The fourth-order valence-electron chi connectivity index (χ4n) is 2.57. The van der Waals surface area contributed by atoms with Crippen molar-refractivity contribution in [1.82, 2.24) is 10.3 Å². The number of carbonyl (C=O) groups is 2. The molecule has 2 amide bonds. The first-order valence-electron chi connectivity index (χ1n) is 7.10. The van der Waals surface area contributed by atoms with Gasteiger partial charge in [-0.3, -0.25) is 15.0 Å². The summed E-state index contributed by atoms with van der Waals surface area (Å²) in [5.41, 5.74) is 3.31. The molecule has 1 fully saturated rings. The SMILES string of the molecule is Cc1sc(C(=O)NN)cc1CN1CC(C(C)(C)C)CC1=O. The minimum absolute atomic E-state index is 0.138. The molecule has 21 heavy (non-hydrogen) atoms. The molecule has 3 N–H and O–H groups in total. The predicted molar refractivity (Wildman–Crippen MR) is 83.7 cm³/mol. The maximum Gasteiger partial charge on any atom is 0.275 e. The van der Waals surface area contributed by atoms with Gasteiger partial charge in [0.1, 0.15) is 0 Å². The topological polar surface area (TPSA) is 75.4 Å². The summed E-state index contributed by atoms with van der Waals surface area (Å²) in [5, 5.41) is 0. The Balaban J connectivity index is 2.10. The zero-order valence-corrected chi connectivity index (χ0v) is 13.8. The fourth-order valence-corrected chi connectivity index (χ4v) is 3.51. The third-order valence-electron chi connectivity index (χ3n) is 4.18. The van der Waals surface area contributed by atoms with Crippen molar-refractivity contribution in [2.75, 3.05) is 6.54 Å². The number of rotatable bonds is 3. The van der Waals surface area contributed by atoms with E-state index in [0.717, 1.165) is 17.0 Å². The fraction of sp³-hybridized carbons (Fsp3) is 0.600. The van der Waals surface area contributed by atoms with Crippen molar-refractivity contribution in [2.45, 2.75) is 40.7 Å². The summed E-state index contributed by atoms with van der Waals surface area (Å²) in [6.07, 6.45) is 0.614. The number of hydrogen-bond acceptors (Lipinski definition) is 4. The Labute approximate surface area is 129 Å². The maximum absolute atomic E-state index is 12.2. The van der Waals surface area contributed by atoms with Gasteiger partial charge in [0.15, 0.2) is 0 Å². The van der Waals surface area contributed by atoms with Crippen LogP contribution >= 0.6 is 11.3 Å². The van der Waals surface area contributed by atoms with Gasteiger partial charge in [-0.2, -0.15) is 0 Å². The van der Waals surface area contributed by atoms with Gasteiger partial charge in [0.2, 0.25) is 5.91 Å². The number of hydrazine groups is 1. The van der Waals surface area contributed by atoms with E-state index in [1.54, 1.807) is 0 Å². The molecule has 0 aromatic carbocycles. The molecule has 1 aliphatic rings. The number of nitrogens with zero attached hydrogens (tertiary/aromatic N) is 1. The van der Waals surface area contributed by atoms with E-state index in [9.17, 15) is 9.59 Å². The standard InChI is InChI=1S/C15H23N3O2S/c1-9-10(5-12(21-9)14(20)17-16)7-18-8-11(6-13(18)19)15(2,3)4/h5,11H,6-8,16H2,1-4H3,(H,17,20). The Morgan fingerprint density at radius 2 is 2.19 bits per heavy atom. The lowest BCUT2D eigenvalue weighted by molar-refractivity contribution is -0.128. The van der Waals surface area contributed by atoms with E-state index < -0.39 is 0 Å². The Morgan fingerprint density at radius 1 is 1.52 bits per heavy atom. The summed E-state index contributed by atoms with van der Waals surface area (Å²) in [5.74, 6) is 5.46. The number of nitrogen functional groups attached to an aromatic ring is 1. The molecule has 1 aromatic rings. The summed E-state index contributed by atoms with van der Waals surface area (Å²) in [4.78, 5) is 27.3. The zero-order valence-electron chi connectivity index (χ0n) is 13.0. The molecule has 1 aromatic heterocycles. The average Bonchev–Trinajstić information content (AvgIpc) is 2.93. The summed E-state index contributed by atoms with van der Waals surface area (Å²) in [6, 6.07) is 1.83. The summed E-state index contributed by atoms with van der Waals surface area (Å²) in [7, 11) is 0. The van der Waals surface area contributed by atoms with Crippen LogP contribution in [0.5, 0.6) is 0 Å². The molecule has 0 radical (unpaired) electrons. The molecule has 1 saturated heterocycles. The predicted octanol–water partition coefficient (Wildman–Crippen LogP) is 2.05. The highest BCUT2D eigenvalue weighted by molar-refractivity contribution is 7.14. The molecule has 1 unspecified atom stereocenters. The second kappa shape index (κ2) is 5.77. The van der Waals surface area contributed by atoms with Crippen LogP contribution in [0.25, 0.3) is 0 Å². The van der Waals surface area contributed by atoms with Crippen LogP contribution in [0, 0.1) is 18.3 Å². The van der Waals surface area contributed by atoms with Gasteiger partial charge in [-0.15, -0.1) is 11.3 Å². The molecule has 2 heterocycles. The van der Waals surface area contributed by atoms with Gasteiger partial charge in [-0.05, 0) is 29.9 Å². The van der Waals surface area contributed by atoms with Gasteiger partial charge >= 0.3 is 0 Å². The number of likely N-dealkylation sites (tertiary alicyclic amines) is 1. The van der Waals surface area contributed by atoms with Crippen molar-refractivity contribution in [2.24, 2.45) is 17.2 Å². The Kier molecular flexibility index (Phi) is 4.39. The molecule has 1 aliphatic heterocycles. The van der Waals surface area contributed by atoms with Crippen LogP contribution in [0.2, 0.25) is 0 Å². The Bertz CT molecular complexity index is 560. The minimum Gasteiger partial charge on any atom is -0.338 e. The second-order valence-electron chi connectivity index (χ2n) is 6.71. The highest BCUT2D eigenvalue weighted by Crippen LogP contribution is 2.35. The average molecular weight is 309 g/mol. The van der Waals surface area contributed by atoms with Crippen molar-refractivity contribution in [3.05, 3.63) is 21.4 Å². The Morgan fingerprint density at radius 3 is 2.71 bits per heavy atom. The number of nitrogens with two attached hydrogens (primary N) is 1. The van der Waals surface area contributed by atoms with Crippen molar-refractivity contribution in [3.8, 4) is 0 Å². The molecule has 0 saturated carbocycles. The van der Waals surface area contributed by atoms with Gasteiger partial charge in [0.25, 0.3) is 5.91 Å². The zero-order chi connectivity index (χ0) is 15.8. The van der Waals surface area contributed by atoms with Gasteiger partial charge in [-0.1, -0.05) is 20.8 Å². The summed E-state index contributed by atoms with van der Waals surface area (Å²) in [6.45, 7) is 9.85. The number of amides is 2. The van der Waals surface area contributed by atoms with E-state index in [1.165, 1.54) is 11.3 Å². The smallest absolute Gasteiger partial charge is 0.275 e. The third kappa shape index (κ3) is 3.44. The van der Waals surface area contributed by atoms with Crippen LogP contribution in [-0.4, -0.2) is 23.3 Å².